The zero-order valence-electron chi connectivity index (χ0n) is 41.4. The molecule has 0 aromatic heterocycles. The fourth-order valence-electron chi connectivity index (χ4n) is 8.06. The molecule has 2 aliphatic heterocycles. The molecule has 2 fully saturated rings. The number of hydrogen-bond acceptors (Lipinski definition) is 10. The number of hydrogen-bond donors (Lipinski definition) is 2. The van der Waals surface area contributed by atoms with Gasteiger partial charge in [0.1, 0.15) is 12.4 Å². The first kappa shape index (κ1) is 58.1. The Morgan fingerprint density at radius 3 is 1.51 bits per heavy atom. The number of carbonyl (C=O) groups excluding carboxylic acids is 2. The molecule has 2 heterocycles. The number of methoxy groups -OCH3 is 1. The second-order valence-corrected chi connectivity index (χ2v) is 21.8. The molecular weight excluding hydrogens is 932 g/mol. The van der Waals surface area contributed by atoms with Gasteiger partial charge in [-0.15, -0.1) is 0 Å². The van der Waals surface area contributed by atoms with E-state index in [0.717, 1.165) is 71.0 Å². The number of allylic oxidation sites excluding steroid dienone is 4. The second-order valence-electron chi connectivity index (χ2n) is 16.9. The molecule has 1 unspecified atom stereocenters. The highest BCUT2D eigenvalue weighted by Gasteiger charge is 2.37. The summed E-state index contributed by atoms with van der Waals surface area (Å²) in [4.78, 5) is 21.5. The number of aliphatic hydroxyl groups excluding tert-OH is 2. The predicted molar refractivity (Wildman–Crippen MR) is 291 cm³/mol. The molecule has 2 N–H and O–H groups in total. The van der Waals surface area contributed by atoms with Gasteiger partial charge in [0.05, 0.1) is 31.7 Å². The van der Waals surface area contributed by atoms with Gasteiger partial charge in [-0.05, 0) is 91.7 Å². The summed E-state index contributed by atoms with van der Waals surface area (Å²) in [5, 5.41) is 20.6. The lowest BCUT2D eigenvalue weighted by Gasteiger charge is -2.28. The van der Waals surface area contributed by atoms with Crippen LogP contribution in [-0.4, -0.2) is 87.9 Å². The Bertz CT molecular complexity index is 2380. The summed E-state index contributed by atoms with van der Waals surface area (Å²) in [5.41, 5.74) is 2.65. The molecule has 0 saturated carbocycles. The third-order valence-electron chi connectivity index (χ3n) is 11.6. The molecule has 71 heavy (non-hydrogen) atoms. The highest BCUT2D eigenvalue weighted by Crippen LogP contribution is 2.44. The number of aliphatic hydroxyl groups is 2. The standard InChI is InChI=1S/C27H29O2P.C16H22O5S.C15H18O2.CH4O/c1-29-27(28)22-14-3-2-4-15-23-30(24-16-8-5-9-17-24,25-18-10-6-11-19-25)26-20-12-7-13-21-26;1-22(18,19)21-15-12-16(17)20-14(15)11-7-3-6-10-13-8-4-2-5-9-13;16-12-11-15-14(17-15)10-6-2-5-9-13-7-3-1-4-8-13;1-2/h2,4-13,16-21,23H,3,14-15,22H2,1H3;2-5,7-9,14-17H,6,10-12H2,1H3;1-4,6-8,12,14-15H,5,9-11H2;2H,1H3/b4-2-;7-3-;6-2-;/t;14-,15-,16?;14-,15+;/m.00./s1. The van der Waals surface area contributed by atoms with Gasteiger partial charge in [0, 0.05) is 26.4 Å². The summed E-state index contributed by atoms with van der Waals surface area (Å²) in [5.74, 6) is 2.36. The molecule has 2 saturated heterocycles. The normalized spacial score (nSPS) is 18.4. The highest BCUT2D eigenvalue weighted by molar-refractivity contribution is 7.94. The van der Waals surface area contributed by atoms with Crippen LogP contribution in [0.2, 0.25) is 0 Å². The lowest BCUT2D eigenvalue weighted by molar-refractivity contribution is -0.140. The van der Waals surface area contributed by atoms with Gasteiger partial charge in [0.15, 0.2) is 6.29 Å². The summed E-state index contributed by atoms with van der Waals surface area (Å²) >= 11 is 0. The molecule has 380 valence electrons. The third kappa shape index (κ3) is 21.8. The van der Waals surface area contributed by atoms with Crippen molar-refractivity contribution in [1.82, 2.24) is 0 Å². The van der Waals surface area contributed by atoms with E-state index in [0.29, 0.717) is 19.3 Å². The van der Waals surface area contributed by atoms with Gasteiger partial charge in [0.25, 0.3) is 10.1 Å². The molecule has 10 nitrogen and oxygen atoms in total. The maximum Gasteiger partial charge on any atom is 0.305 e. The van der Waals surface area contributed by atoms with Crippen molar-refractivity contribution >= 4 is 51.0 Å². The fourth-order valence-corrected chi connectivity index (χ4v) is 12.6. The Hall–Kier alpha value is -5.49. The minimum atomic E-state index is -3.55. The molecule has 0 bridgehead atoms. The topological polar surface area (TPSA) is 149 Å². The van der Waals surface area contributed by atoms with Crippen molar-refractivity contribution in [3.63, 3.8) is 0 Å². The van der Waals surface area contributed by atoms with Crippen LogP contribution < -0.4 is 15.9 Å². The van der Waals surface area contributed by atoms with E-state index in [1.807, 2.05) is 36.4 Å². The van der Waals surface area contributed by atoms with Crippen LogP contribution in [0.4, 0.5) is 0 Å². The second kappa shape index (κ2) is 33.2. The first-order valence-corrected chi connectivity index (χ1v) is 28.0. The van der Waals surface area contributed by atoms with Crippen LogP contribution in [0.25, 0.3) is 0 Å². The summed E-state index contributed by atoms with van der Waals surface area (Å²) < 4.78 is 42.7. The number of esters is 1. The van der Waals surface area contributed by atoms with Crippen molar-refractivity contribution in [2.45, 2.75) is 108 Å². The van der Waals surface area contributed by atoms with Crippen LogP contribution in [0, 0.1) is 0 Å². The molecule has 5 aromatic rings. The first-order valence-electron chi connectivity index (χ1n) is 24.4. The van der Waals surface area contributed by atoms with Crippen LogP contribution >= 0.6 is 6.89 Å². The molecule has 0 radical (unpaired) electrons. The van der Waals surface area contributed by atoms with Gasteiger partial charge in [-0.25, -0.2) is 0 Å². The summed E-state index contributed by atoms with van der Waals surface area (Å²) in [6, 6.07) is 53.2. The quantitative estimate of drug-likeness (QED) is 0.0123. The van der Waals surface area contributed by atoms with E-state index in [1.54, 1.807) is 0 Å². The van der Waals surface area contributed by atoms with Crippen LogP contribution in [0.3, 0.4) is 0 Å². The van der Waals surface area contributed by atoms with Crippen molar-refractivity contribution in [3.8, 4) is 0 Å². The smallest absolute Gasteiger partial charge is 0.305 e. The Morgan fingerprint density at radius 1 is 0.620 bits per heavy atom. The van der Waals surface area contributed by atoms with E-state index < -0.39 is 35.5 Å². The van der Waals surface area contributed by atoms with Gasteiger partial charge in [0.2, 0.25) is 0 Å². The number of unbranched alkanes of at least 4 members (excludes halogenated alkanes) is 1. The van der Waals surface area contributed by atoms with Gasteiger partial charge < -0.3 is 29.2 Å². The summed E-state index contributed by atoms with van der Waals surface area (Å²) in [7, 11) is -1.11. The zero-order valence-corrected chi connectivity index (χ0v) is 43.2. The molecule has 7 rings (SSSR count). The zero-order chi connectivity index (χ0) is 51.0. The maximum atomic E-state index is 11.3. The van der Waals surface area contributed by atoms with Crippen molar-refractivity contribution < 1.29 is 46.6 Å². The van der Waals surface area contributed by atoms with Gasteiger partial charge >= 0.3 is 5.97 Å². The van der Waals surface area contributed by atoms with Crippen LogP contribution in [-0.2, 0) is 50.9 Å². The van der Waals surface area contributed by atoms with E-state index in [4.69, 9.17) is 23.5 Å². The average Bonchev–Trinajstić information content (AvgIpc) is 4.06. The van der Waals surface area contributed by atoms with Crippen LogP contribution in [0.5, 0.6) is 0 Å². The molecule has 0 amide bonds. The molecule has 5 aromatic carbocycles. The Balaban J connectivity index is 0.000000236. The predicted octanol–water partition coefficient (Wildman–Crippen LogP) is 9.62. The van der Waals surface area contributed by atoms with Gasteiger partial charge in [-0.1, -0.05) is 194 Å². The number of aldehydes is 1. The molecule has 12 heteroatoms. The average molecular weight is 1010 g/mol. The fraction of sp³-hybridized carbons (Fsp3) is 0.339. The Morgan fingerprint density at radius 2 is 1.06 bits per heavy atom. The van der Waals surface area contributed by atoms with Crippen molar-refractivity contribution in [2.75, 3.05) is 20.5 Å². The van der Waals surface area contributed by atoms with E-state index in [9.17, 15) is 23.1 Å². The Kier molecular flexibility index (Phi) is 27.2. The number of aryl methyl sites for hydroxylation is 2. The lowest BCUT2D eigenvalue weighted by Crippen LogP contribution is -2.26. The monoisotopic (exact) mass is 1000 g/mol. The number of epoxide rings is 1. The van der Waals surface area contributed by atoms with Crippen LogP contribution in [0.15, 0.2) is 188 Å². The van der Waals surface area contributed by atoms with Crippen LogP contribution in [0.1, 0.15) is 75.3 Å². The van der Waals surface area contributed by atoms with Gasteiger partial charge in [-0.2, -0.15) is 8.42 Å². The summed E-state index contributed by atoms with van der Waals surface area (Å²) in [6.07, 6.45) is 22.4. The maximum absolute atomic E-state index is 11.3. The largest absolute Gasteiger partial charge is 0.469 e. The molecule has 2 aliphatic rings. The Labute approximate surface area is 423 Å². The number of benzene rings is 5. The summed E-state index contributed by atoms with van der Waals surface area (Å²) in [6.45, 7) is -1.88. The van der Waals surface area contributed by atoms with E-state index in [1.165, 1.54) is 34.2 Å². The van der Waals surface area contributed by atoms with E-state index >= 15 is 0 Å². The minimum absolute atomic E-state index is 0.142. The number of rotatable bonds is 23. The van der Waals surface area contributed by atoms with Gasteiger partial charge in [-0.3, -0.25) is 8.98 Å². The van der Waals surface area contributed by atoms with Crippen molar-refractivity contribution in [2.24, 2.45) is 0 Å². The van der Waals surface area contributed by atoms with E-state index in [2.05, 4.69) is 157 Å². The lowest BCUT2D eigenvalue weighted by atomic mass is 10.1. The van der Waals surface area contributed by atoms with Crippen molar-refractivity contribution in [3.05, 3.63) is 199 Å². The third-order valence-corrected chi connectivity index (χ3v) is 16.3. The highest BCUT2D eigenvalue weighted by atomic mass is 32.2. The molecule has 5 atom stereocenters. The minimum Gasteiger partial charge on any atom is -0.469 e. The SMILES string of the molecule is CO.COC(=O)CCC/C=C\CC=P(c1ccccc1)(c1ccccc1)c1ccccc1.CS(=O)(=O)O[C@H]1CC(O)O[C@H]1C/C=C\CCc1ccccc1.O=CC[C@H]1O[C@H]1C/C=C\CCc1ccccc1. The van der Waals surface area contributed by atoms with Crippen molar-refractivity contribution in [1.29, 1.82) is 0 Å². The number of ether oxygens (including phenoxy) is 3. The number of carbonyl (C=O) groups is 2. The molecular formula is C59H73O10PS. The molecule has 0 aliphatic carbocycles. The first-order chi connectivity index (χ1) is 34.6. The molecule has 0 spiro atoms. The van der Waals surface area contributed by atoms with E-state index in [-0.39, 0.29) is 24.6 Å².